The smallest absolute Gasteiger partial charge is 0.410 e. The highest BCUT2D eigenvalue weighted by Gasteiger charge is 2.30. The van der Waals surface area contributed by atoms with Gasteiger partial charge in [-0.25, -0.2) is 14.8 Å². The lowest BCUT2D eigenvalue weighted by atomic mass is 10.2. The Hall–Kier alpha value is -2.05. The fourth-order valence-corrected chi connectivity index (χ4v) is 2.50. The summed E-state index contributed by atoms with van der Waals surface area (Å²) in [6, 6.07) is 1.98. The van der Waals surface area contributed by atoms with Crippen LogP contribution in [0.1, 0.15) is 34.6 Å². The summed E-state index contributed by atoms with van der Waals surface area (Å²) in [6.07, 6.45) is 1.24. The lowest BCUT2D eigenvalue weighted by Crippen LogP contribution is -2.54. The van der Waals surface area contributed by atoms with Gasteiger partial charge in [-0.2, -0.15) is 0 Å². The number of hydrogen-bond donors (Lipinski definition) is 0. The number of nitrogens with zero attached hydrogens (tertiary/aromatic N) is 4. The van der Waals surface area contributed by atoms with Crippen LogP contribution in [-0.4, -0.2) is 58.8 Å². The van der Waals surface area contributed by atoms with Crippen LogP contribution in [0.5, 0.6) is 5.88 Å². The molecule has 1 aromatic heterocycles. The molecular weight excluding hydrogens is 296 g/mol. The van der Waals surface area contributed by atoms with Gasteiger partial charge in [-0.3, -0.25) is 0 Å². The highest BCUT2D eigenvalue weighted by atomic mass is 16.6. The summed E-state index contributed by atoms with van der Waals surface area (Å²) < 4.78 is 10.9. The fourth-order valence-electron chi connectivity index (χ4n) is 2.50. The minimum atomic E-state index is -0.476. The van der Waals surface area contributed by atoms with E-state index in [4.69, 9.17) is 9.47 Å². The van der Waals surface area contributed by atoms with E-state index in [9.17, 15) is 4.79 Å². The Labute approximate surface area is 137 Å². The number of anilines is 1. The van der Waals surface area contributed by atoms with Crippen molar-refractivity contribution in [2.45, 2.75) is 46.3 Å². The molecule has 1 saturated heterocycles. The zero-order valence-corrected chi connectivity index (χ0v) is 14.6. The van der Waals surface area contributed by atoms with E-state index in [1.54, 1.807) is 4.90 Å². The van der Waals surface area contributed by atoms with E-state index in [1.165, 1.54) is 6.33 Å². The molecule has 0 spiro atoms. The average Bonchev–Trinajstić information content (AvgIpc) is 2.46. The Morgan fingerprint density at radius 1 is 1.35 bits per heavy atom. The van der Waals surface area contributed by atoms with Gasteiger partial charge in [0, 0.05) is 31.7 Å². The molecule has 1 aliphatic heterocycles. The van der Waals surface area contributed by atoms with Crippen LogP contribution >= 0.6 is 0 Å². The Bertz CT molecular complexity index is 544. The number of ether oxygens (including phenoxy) is 2. The maximum absolute atomic E-state index is 12.2. The van der Waals surface area contributed by atoms with Crippen LogP contribution in [0, 0.1) is 0 Å². The van der Waals surface area contributed by atoms with Crippen molar-refractivity contribution in [1.82, 2.24) is 14.9 Å². The molecule has 7 heteroatoms. The maximum atomic E-state index is 12.2. The first kappa shape index (κ1) is 17.3. The summed E-state index contributed by atoms with van der Waals surface area (Å²) in [7, 11) is 0. The molecule has 0 radical (unpaired) electrons. The molecule has 1 aliphatic rings. The van der Waals surface area contributed by atoms with Gasteiger partial charge < -0.3 is 19.3 Å². The topological polar surface area (TPSA) is 67.8 Å². The Balaban J connectivity index is 2.01. The van der Waals surface area contributed by atoms with E-state index in [0.29, 0.717) is 32.1 Å². The fraction of sp³-hybridized carbons (Fsp3) is 0.688. The Kier molecular flexibility index (Phi) is 5.28. The van der Waals surface area contributed by atoms with E-state index >= 15 is 0 Å². The minimum Gasteiger partial charge on any atom is -0.478 e. The second-order valence-electron chi connectivity index (χ2n) is 6.62. The number of amides is 1. The number of rotatable bonds is 3. The molecule has 0 aromatic carbocycles. The molecule has 2 rings (SSSR count). The largest absolute Gasteiger partial charge is 0.478 e. The summed E-state index contributed by atoms with van der Waals surface area (Å²) in [4.78, 5) is 24.5. The molecule has 0 N–H and O–H groups in total. The number of aromatic nitrogens is 2. The van der Waals surface area contributed by atoms with Crippen LogP contribution in [-0.2, 0) is 4.74 Å². The van der Waals surface area contributed by atoms with Gasteiger partial charge in [0.25, 0.3) is 0 Å². The first-order chi connectivity index (χ1) is 10.8. The molecule has 0 aliphatic carbocycles. The Morgan fingerprint density at radius 2 is 2.09 bits per heavy atom. The van der Waals surface area contributed by atoms with Gasteiger partial charge in [0.1, 0.15) is 17.7 Å². The van der Waals surface area contributed by atoms with E-state index in [1.807, 2.05) is 33.8 Å². The molecule has 1 amide bonds. The van der Waals surface area contributed by atoms with Crippen molar-refractivity contribution in [3.05, 3.63) is 12.4 Å². The van der Waals surface area contributed by atoms with Crippen molar-refractivity contribution < 1.29 is 14.3 Å². The summed E-state index contributed by atoms with van der Waals surface area (Å²) in [5.41, 5.74) is -0.476. The van der Waals surface area contributed by atoms with Crippen LogP contribution in [0.2, 0.25) is 0 Å². The molecular formula is C16H26N4O3. The van der Waals surface area contributed by atoms with E-state index in [0.717, 1.165) is 5.82 Å². The van der Waals surface area contributed by atoms with Gasteiger partial charge in [0.05, 0.1) is 6.61 Å². The molecule has 7 nitrogen and oxygen atoms in total. The molecule has 1 aromatic rings. The highest BCUT2D eigenvalue weighted by molar-refractivity contribution is 5.68. The zero-order valence-electron chi connectivity index (χ0n) is 14.6. The lowest BCUT2D eigenvalue weighted by molar-refractivity contribution is 0.0218. The second kappa shape index (κ2) is 7.02. The molecule has 128 valence electrons. The van der Waals surface area contributed by atoms with Gasteiger partial charge in [0.2, 0.25) is 5.88 Å². The first-order valence-corrected chi connectivity index (χ1v) is 7.99. The van der Waals surface area contributed by atoms with E-state index in [2.05, 4.69) is 21.8 Å². The third kappa shape index (κ3) is 4.71. The molecule has 0 bridgehead atoms. The molecule has 1 atom stereocenters. The standard InChI is InChI=1S/C16H26N4O3/c1-6-22-14-9-13(17-11-18-14)20-8-7-19(10-12(20)2)15(21)23-16(3,4)5/h9,11-12H,6-8,10H2,1-5H3/t12-/m1/s1. The average molecular weight is 322 g/mol. The molecule has 23 heavy (non-hydrogen) atoms. The van der Waals surface area contributed by atoms with Crippen LogP contribution in [0.3, 0.4) is 0 Å². The van der Waals surface area contributed by atoms with Gasteiger partial charge in [-0.15, -0.1) is 0 Å². The maximum Gasteiger partial charge on any atom is 0.410 e. The number of piperazine rings is 1. The molecule has 2 heterocycles. The predicted molar refractivity (Wildman–Crippen MR) is 87.8 cm³/mol. The monoisotopic (exact) mass is 322 g/mol. The van der Waals surface area contributed by atoms with Crippen molar-refractivity contribution in [3.63, 3.8) is 0 Å². The van der Waals surface area contributed by atoms with E-state index < -0.39 is 5.60 Å². The van der Waals surface area contributed by atoms with Crippen molar-refractivity contribution in [1.29, 1.82) is 0 Å². The Morgan fingerprint density at radius 3 is 2.70 bits per heavy atom. The normalized spacial score (nSPS) is 18.7. The second-order valence-corrected chi connectivity index (χ2v) is 6.62. The third-order valence-electron chi connectivity index (χ3n) is 3.49. The summed E-state index contributed by atoms with van der Waals surface area (Å²) in [5, 5.41) is 0. The van der Waals surface area contributed by atoms with Gasteiger partial charge >= 0.3 is 6.09 Å². The highest BCUT2D eigenvalue weighted by Crippen LogP contribution is 2.22. The van der Waals surface area contributed by atoms with Gasteiger partial charge in [-0.05, 0) is 34.6 Å². The van der Waals surface area contributed by atoms with Crippen LogP contribution in [0.25, 0.3) is 0 Å². The summed E-state index contributed by atoms with van der Waals surface area (Å²) in [5.74, 6) is 1.39. The van der Waals surface area contributed by atoms with Crippen molar-refractivity contribution in [2.24, 2.45) is 0 Å². The lowest BCUT2D eigenvalue weighted by Gasteiger charge is -2.40. The zero-order chi connectivity index (χ0) is 17.0. The number of hydrogen-bond acceptors (Lipinski definition) is 6. The number of carbonyl (C=O) groups excluding carboxylic acids is 1. The third-order valence-corrected chi connectivity index (χ3v) is 3.49. The van der Waals surface area contributed by atoms with Crippen LogP contribution in [0.4, 0.5) is 10.6 Å². The molecule has 1 fully saturated rings. The quantitative estimate of drug-likeness (QED) is 0.851. The number of carbonyl (C=O) groups is 1. The SMILES string of the molecule is CCOc1cc(N2CCN(C(=O)OC(C)(C)C)C[C@H]2C)ncn1. The van der Waals surface area contributed by atoms with Gasteiger partial charge in [-0.1, -0.05) is 0 Å². The molecule has 0 unspecified atom stereocenters. The van der Waals surface area contributed by atoms with Gasteiger partial charge in [0.15, 0.2) is 0 Å². The van der Waals surface area contributed by atoms with Crippen molar-refractivity contribution in [3.8, 4) is 5.88 Å². The summed E-state index contributed by atoms with van der Waals surface area (Å²) >= 11 is 0. The van der Waals surface area contributed by atoms with Crippen LogP contribution < -0.4 is 9.64 Å². The van der Waals surface area contributed by atoms with E-state index in [-0.39, 0.29) is 12.1 Å². The summed E-state index contributed by atoms with van der Waals surface area (Å²) in [6.45, 7) is 12.1. The molecule has 0 saturated carbocycles. The first-order valence-electron chi connectivity index (χ1n) is 7.99. The predicted octanol–water partition coefficient (Wildman–Crippen LogP) is 2.32. The van der Waals surface area contributed by atoms with Crippen molar-refractivity contribution >= 4 is 11.9 Å². The van der Waals surface area contributed by atoms with Crippen molar-refractivity contribution in [2.75, 3.05) is 31.1 Å². The minimum absolute atomic E-state index is 0.139. The van der Waals surface area contributed by atoms with Crippen LogP contribution in [0.15, 0.2) is 12.4 Å².